The Labute approximate surface area is 680 Å². The van der Waals surface area contributed by atoms with Gasteiger partial charge in [0.05, 0.1) is 33.1 Å². The zero-order chi connectivity index (χ0) is 78.2. The highest BCUT2D eigenvalue weighted by Gasteiger charge is 2.25. The third-order valence-corrected chi connectivity index (χ3v) is 23.6. The Morgan fingerprint density at radius 1 is 0.168 bits per heavy atom. The van der Waals surface area contributed by atoms with Crippen LogP contribution in [-0.2, 0) is 0 Å². The summed E-state index contributed by atoms with van der Waals surface area (Å²) in [5.41, 5.74) is 21.4. The largest absolute Gasteiger partial charge is 0.456 e. The molecule has 0 aliphatic carbocycles. The molecule has 11 nitrogen and oxygen atoms in total. The molecule has 0 aliphatic heterocycles. The molecular formula is C108H65N9O2. The molecule has 0 fully saturated rings. The number of aromatic nitrogens is 9. The molecule has 18 aromatic carbocycles. The van der Waals surface area contributed by atoms with Gasteiger partial charge in [-0.25, -0.2) is 29.9 Å². The average Bonchev–Trinajstić information content (AvgIpc) is 1.56. The summed E-state index contributed by atoms with van der Waals surface area (Å²) >= 11 is 0. The Morgan fingerprint density at radius 2 is 0.487 bits per heavy atom. The molecule has 0 N–H and O–H groups in total. The second-order valence-electron chi connectivity index (χ2n) is 30.4. The van der Waals surface area contributed by atoms with Gasteiger partial charge >= 0.3 is 0 Å². The van der Waals surface area contributed by atoms with E-state index in [1.807, 2.05) is 121 Å². The number of para-hydroxylation sites is 4. The quantitative estimate of drug-likeness (QED) is 0.133. The van der Waals surface area contributed by atoms with Crippen LogP contribution < -0.4 is 0 Å². The molecule has 0 aliphatic rings. The Bertz CT molecular complexity index is 8290. The summed E-state index contributed by atoms with van der Waals surface area (Å²) in [6, 6.07) is 138. The van der Waals surface area contributed by atoms with Crippen molar-refractivity contribution in [3.05, 3.63) is 394 Å². The first-order valence-corrected chi connectivity index (χ1v) is 40.0. The van der Waals surface area contributed by atoms with Crippen molar-refractivity contribution in [3.8, 4) is 96.5 Å². The summed E-state index contributed by atoms with van der Waals surface area (Å²) in [7, 11) is 0. The van der Waals surface area contributed by atoms with Gasteiger partial charge in [-0.15, -0.1) is 0 Å². The predicted octanol–water partition coefficient (Wildman–Crippen LogP) is 28.0. The Morgan fingerprint density at radius 3 is 0.933 bits per heavy atom. The first-order valence-electron chi connectivity index (χ1n) is 40.0. The fourth-order valence-corrected chi connectivity index (χ4v) is 18.1. The van der Waals surface area contributed by atoms with E-state index < -0.39 is 0 Å². The van der Waals surface area contributed by atoms with Gasteiger partial charge in [-0.05, 0) is 147 Å². The Hall–Kier alpha value is -16.2. The third-order valence-electron chi connectivity index (χ3n) is 23.6. The zero-order valence-electron chi connectivity index (χ0n) is 63.9. The van der Waals surface area contributed by atoms with Crippen molar-refractivity contribution in [3.63, 3.8) is 0 Å². The average molecular weight is 1520 g/mol. The van der Waals surface area contributed by atoms with Gasteiger partial charge in [0.15, 0.2) is 34.9 Å². The number of benzene rings is 18. The summed E-state index contributed by atoms with van der Waals surface area (Å²) in [6.07, 6.45) is 0. The van der Waals surface area contributed by atoms with Gasteiger partial charge in [-0.2, -0.15) is 0 Å². The maximum absolute atomic E-state index is 6.77. The lowest BCUT2D eigenvalue weighted by atomic mass is 9.94. The van der Waals surface area contributed by atoms with Gasteiger partial charge in [0.2, 0.25) is 0 Å². The minimum absolute atomic E-state index is 0.594. The van der Waals surface area contributed by atoms with Gasteiger partial charge in [-0.1, -0.05) is 291 Å². The van der Waals surface area contributed by atoms with Crippen LogP contribution in [0.25, 0.3) is 238 Å². The minimum atomic E-state index is 0.594. The van der Waals surface area contributed by atoms with Crippen molar-refractivity contribution < 1.29 is 8.83 Å². The van der Waals surface area contributed by atoms with Crippen LogP contribution in [0.15, 0.2) is 403 Å². The highest BCUT2D eigenvalue weighted by molar-refractivity contribution is 6.25. The second-order valence-corrected chi connectivity index (χ2v) is 30.4. The van der Waals surface area contributed by atoms with Crippen LogP contribution in [-0.4, -0.2) is 43.6 Å². The first kappa shape index (κ1) is 67.3. The van der Waals surface area contributed by atoms with Crippen LogP contribution in [0.2, 0.25) is 0 Å². The molecule has 0 bridgehead atoms. The third kappa shape index (κ3) is 11.1. The van der Waals surface area contributed by atoms with Crippen LogP contribution in [0.5, 0.6) is 0 Å². The van der Waals surface area contributed by atoms with E-state index in [2.05, 4.69) is 287 Å². The second kappa shape index (κ2) is 27.2. The van der Waals surface area contributed by atoms with Gasteiger partial charge in [0.1, 0.15) is 22.3 Å². The molecule has 0 saturated carbocycles. The molecule has 0 spiro atoms. The van der Waals surface area contributed by atoms with Crippen LogP contribution in [0.1, 0.15) is 0 Å². The number of hydrogen-bond acceptors (Lipinski definition) is 8. The fraction of sp³-hybridized carbons (Fsp3) is 0. The fourth-order valence-electron chi connectivity index (χ4n) is 18.1. The lowest BCUT2D eigenvalue weighted by Crippen LogP contribution is -2.00. The van der Waals surface area contributed by atoms with E-state index in [0.717, 1.165) is 138 Å². The Balaban J connectivity index is 0.000000136. The summed E-state index contributed by atoms with van der Waals surface area (Å²) in [5.74, 6) is 3.75. The van der Waals surface area contributed by atoms with Gasteiger partial charge in [0.25, 0.3) is 0 Å². The highest BCUT2D eigenvalue weighted by Crippen LogP contribution is 2.47. The monoisotopic (exact) mass is 1520 g/mol. The summed E-state index contributed by atoms with van der Waals surface area (Å²) < 4.78 is 20.7. The van der Waals surface area contributed by atoms with E-state index in [1.165, 1.54) is 65.2 Å². The zero-order valence-corrected chi connectivity index (χ0v) is 63.9. The van der Waals surface area contributed by atoms with E-state index in [1.54, 1.807) is 0 Å². The van der Waals surface area contributed by atoms with Crippen molar-refractivity contribution in [2.24, 2.45) is 0 Å². The smallest absolute Gasteiger partial charge is 0.164 e. The van der Waals surface area contributed by atoms with Crippen molar-refractivity contribution in [1.82, 2.24) is 43.6 Å². The molecule has 0 amide bonds. The normalized spacial score (nSPS) is 11.9. The van der Waals surface area contributed by atoms with Crippen molar-refractivity contribution in [1.29, 1.82) is 0 Å². The van der Waals surface area contributed by atoms with Crippen LogP contribution in [0.4, 0.5) is 0 Å². The molecule has 0 atom stereocenters. The van der Waals surface area contributed by atoms with Gasteiger partial charge < -0.3 is 22.5 Å². The number of rotatable bonds is 10. The topological polar surface area (TPSA) is 118 Å². The number of fused-ring (bicyclic) bond motifs is 20. The Kier molecular flexibility index (Phi) is 15.4. The van der Waals surface area contributed by atoms with E-state index >= 15 is 0 Å². The standard InChI is InChI=1S/C55H33N5O.C53H32N4O/c1-4-16-34(17-5-1)53-56-54(35-18-6-2-7-19-35)58-55(57-53)44-32-51-52(41-25-11-10-22-38(41)44)45-30-37(28-29-50(45)61-51)60-47-27-15-13-24-40(47)43-31-42-39-23-12-14-26-46(39)59(48(42)33-49(43)60)36-20-8-3-9-21-36;1-3-13-34(14-4-1)51-54-52(35-15-5-2-6-16-35)56-53(55-51)36-25-23-33(24-26-36)43-32-49-50(42-21-10-9-19-40(42)43)45-31-39(27-28-48(45)58-49)57-46-22-12-11-20-41(46)44-29-37-17-7-8-18-38(37)30-47(44)57/h1-33H;1-32H. The number of nitrogens with zero attached hydrogens (tertiary/aromatic N) is 9. The predicted molar refractivity (Wildman–Crippen MR) is 488 cm³/mol. The van der Waals surface area contributed by atoms with E-state index in [9.17, 15) is 0 Å². The molecule has 0 saturated heterocycles. The first-order chi connectivity index (χ1) is 59.0. The summed E-state index contributed by atoms with van der Waals surface area (Å²) in [4.78, 5) is 29.9. The maximum Gasteiger partial charge on any atom is 0.164 e. The van der Waals surface area contributed by atoms with E-state index in [-0.39, 0.29) is 0 Å². The van der Waals surface area contributed by atoms with Crippen LogP contribution in [0.3, 0.4) is 0 Å². The highest BCUT2D eigenvalue weighted by atomic mass is 16.3. The molecule has 25 rings (SSSR count). The van der Waals surface area contributed by atoms with Crippen molar-refractivity contribution in [2.45, 2.75) is 0 Å². The van der Waals surface area contributed by atoms with E-state index in [4.69, 9.17) is 38.7 Å². The molecule has 119 heavy (non-hydrogen) atoms. The van der Waals surface area contributed by atoms with E-state index in [0.29, 0.717) is 34.9 Å². The molecule has 7 aromatic heterocycles. The van der Waals surface area contributed by atoms with Crippen molar-refractivity contribution >= 4 is 142 Å². The lowest BCUT2D eigenvalue weighted by molar-refractivity contribution is 0.669. The molecule has 11 heteroatoms. The SMILES string of the molecule is c1ccc(-c2nc(-c3ccccc3)nc(-c3cc4oc5ccc(-n6c7ccccc7c7cc8c9ccccc9n(-c9ccccc9)c8cc76)cc5c4c4ccccc34)n2)cc1.c1ccc(-c2nc(-c3ccccc3)nc(-c3ccc(-c4cc5oc6ccc(-n7c8ccccc8c8cc9ccccc9cc87)cc6c5c5ccccc45)cc3)n2)cc1. The summed E-state index contributed by atoms with van der Waals surface area (Å²) in [5, 5.41) is 18.6. The van der Waals surface area contributed by atoms with Crippen LogP contribution in [0, 0.1) is 0 Å². The van der Waals surface area contributed by atoms with Gasteiger partial charge in [0, 0.05) is 104 Å². The lowest BCUT2D eigenvalue weighted by Gasteiger charge is -2.11. The summed E-state index contributed by atoms with van der Waals surface area (Å²) in [6.45, 7) is 0. The van der Waals surface area contributed by atoms with Crippen LogP contribution >= 0.6 is 0 Å². The minimum Gasteiger partial charge on any atom is -0.456 e. The molecule has 7 heterocycles. The van der Waals surface area contributed by atoms with Gasteiger partial charge in [-0.3, -0.25) is 0 Å². The van der Waals surface area contributed by atoms with Crippen molar-refractivity contribution in [2.75, 3.05) is 0 Å². The molecule has 0 radical (unpaired) electrons. The molecular weight excluding hydrogens is 1460 g/mol. The number of hydrogen-bond donors (Lipinski definition) is 0. The molecule has 25 aromatic rings. The maximum atomic E-state index is 6.77. The molecule has 0 unspecified atom stereocenters. The molecule has 554 valence electrons. The number of furan rings is 2.